The van der Waals surface area contributed by atoms with E-state index in [0.717, 1.165) is 11.5 Å². The number of furan rings is 1. The summed E-state index contributed by atoms with van der Waals surface area (Å²) in [6.07, 6.45) is 4.08. The van der Waals surface area contributed by atoms with Crippen molar-refractivity contribution in [1.82, 2.24) is 5.32 Å². The van der Waals surface area contributed by atoms with Crippen molar-refractivity contribution in [3.8, 4) is 0 Å². The second-order valence-electron chi connectivity index (χ2n) is 4.00. The van der Waals surface area contributed by atoms with Crippen LogP contribution in [0.15, 0.2) is 16.7 Å². The highest BCUT2D eigenvalue weighted by atomic mass is 79.9. The van der Waals surface area contributed by atoms with Gasteiger partial charge in [0, 0.05) is 16.9 Å². The van der Waals surface area contributed by atoms with Gasteiger partial charge in [0.1, 0.15) is 0 Å². The Labute approximate surface area is 97.4 Å². The lowest BCUT2D eigenvalue weighted by molar-refractivity contribution is 0.0925. The molecule has 1 aliphatic carbocycles. The molecule has 1 amide bonds. The zero-order valence-electron chi connectivity index (χ0n) is 8.63. The first-order valence-electron chi connectivity index (χ1n) is 5.15. The van der Waals surface area contributed by atoms with Crippen molar-refractivity contribution in [1.29, 1.82) is 0 Å². The topological polar surface area (TPSA) is 42.2 Å². The number of amides is 1. The van der Waals surface area contributed by atoms with E-state index in [9.17, 15) is 4.79 Å². The Morgan fingerprint density at radius 3 is 3.00 bits per heavy atom. The zero-order chi connectivity index (χ0) is 10.8. The third-order valence-electron chi connectivity index (χ3n) is 2.66. The predicted molar refractivity (Wildman–Crippen MR) is 61.2 cm³/mol. The fourth-order valence-electron chi connectivity index (χ4n) is 1.50. The molecule has 1 N–H and O–H groups in total. The largest absolute Gasteiger partial charge is 0.459 e. The summed E-state index contributed by atoms with van der Waals surface area (Å²) in [5.41, 5.74) is 0.880. The Morgan fingerprint density at radius 2 is 2.47 bits per heavy atom. The maximum atomic E-state index is 11.6. The van der Waals surface area contributed by atoms with Crippen LogP contribution in [0.2, 0.25) is 0 Å². The molecule has 0 radical (unpaired) electrons. The zero-order valence-corrected chi connectivity index (χ0v) is 10.2. The molecule has 82 valence electrons. The molecule has 0 spiro atoms. The van der Waals surface area contributed by atoms with Crippen molar-refractivity contribution in [2.45, 2.75) is 24.6 Å². The van der Waals surface area contributed by atoms with E-state index in [1.165, 1.54) is 19.1 Å². The fourth-order valence-corrected chi connectivity index (χ4v) is 2.19. The van der Waals surface area contributed by atoms with E-state index in [1.54, 1.807) is 6.07 Å². The van der Waals surface area contributed by atoms with E-state index in [1.807, 2.05) is 6.92 Å². The summed E-state index contributed by atoms with van der Waals surface area (Å²) in [6, 6.07) is 1.79. The van der Waals surface area contributed by atoms with Crippen molar-refractivity contribution in [3.63, 3.8) is 0 Å². The first kappa shape index (κ1) is 10.7. The van der Waals surface area contributed by atoms with Crippen LogP contribution in [-0.4, -0.2) is 17.3 Å². The van der Waals surface area contributed by atoms with Crippen LogP contribution < -0.4 is 5.32 Å². The third-order valence-corrected chi connectivity index (χ3v) is 3.73. The predicted octanol–water partition coefficient (Wildman–Crippen LogP) is 2.49. The van der Waals surface area contributed by atoms with Crippen LogP contribution in [0.1, 0.15) is 29.0 Å². The molecule has 0 aromatic carbocycles. The van der Waals surface area contributed by atoms with Crippen LogP contribution >= 0.6 is 15.9 Å². The van der Waals surface area contributed by atoms with Crippen molar-refractivity contribution in [2.75, 3.05) is 6.54 Å². The molecule has 0 aliphatic heterocycles. The molecule has 15 heavy (non-hydrogen) atoms. The van der Waals surface area contributed by atoms with Crippen molar-refractivity contribution in [3.05, 3.63) is 23.7 Å². The number of hydrogen-bond donors (Lipinski definition) is 1. The molecule has 4 heteroatoms. The quantitative estimate of drug-likeness (QED) is 0.856. The van der Waals surface area contributed by atoms with Gasteiger partial charge in [-0.1, -0.05) is 15.9 Å². The average Bonchev–Trinajstić information content (AvgIpc) is 2.98. The lowest BCUT2D eigenvalue weighted by Gasteiger charge is -2.08. The van der Waals surface area contributed by atoms with Gasteiger partial charge in [-0.25, -0.2) is 0 Å². The number of alkyl halides is 1. The molecule has 0 saturated heterocycles. The van der Waals surface area contributed by atoms with Gasteiger partial charge >= 0.3 is 0 Å². The Morgan fingerprint density at radius 1 is 1.73 bits per heavy atom. The number of hydrogen-bond acceptors (Lipinski definition) is 2. The second kappa shape index (κ2) is 4.39. The van der Waals surface area contributed by atoms with Gasteiger partial charge in [-0.3, -0.25) is 4.79 Å². The SMILES string of the molecule is Cc1ccoc1C(=O)NCC(Br)C1CC1. The molecule has 3 nitrogen and oxygen atoms in total. The standard InChI is InChI=1S/C11H14BrNO2/c1-7-4-5-15-10(7)11(14)13-6-9(12)8-2-3-8/h4-5,8-9H,2-3,6H2,1H3,(H,13,14). The third kappa shape index (κ3) is 2.62. The van der Waals surface area contributed by atoms with E-state index in [2.05, 4.69) is 21.2 Å². The van der Waals surface area contributed by atoms with Crippen LogP contribution in [0.25, 0.3) is 0 Å². The Hall–Kier alpha value is -0.770. The Kier molecular flexibility index (Phi) is 3.14. The first-order chi connectivity index (χ1) is 7.18. The van der Waals surface area contributed by atoms with Gasteiger partial charge in [0.15, 0.2) is 5.76 Å². The normalized spacial score (nSPS) is 17.5. The van der Waals surface area contributed by atoms with Gasteiger partial charge in [-0.05, 0) is 31.7 Å². The summed E-state index contributed by atoms with van der Waals surface area (Å²) in [5, 5.41) is 2.87. The average molecular weight is 272 g/mol. The fraction of sp³-hybridized carbons (Fsp3) is 0.545. The minimum absolute atomic E-state index is 0.123. The van der Waals surface area contributed by atoms with Gasteiger partial charge in [-0.2, -0.15) is 0 Å². The van der Waals surface area contributed by atoms with Crippen LogP contribution in [-0.2, 0) is 0 Å². The molecule has 1 heterocycles. The lowest BCUT2D eigenvalue weighted by Crippen LogP contribution is -2.30. The Balaban J connectivity index is 1.84. The van der Waals surface area contributed by atoms with Crippen molar-refractivity contribution < 1.29 is 9.21 Å². The van der Waals surface area contributed by atoms with Gasteiger partial charge in [0.2, 0.25) is 0 Å². The van der Waals surface area contributed by atoms with E-state index in [4.69, 9.17) is 4.42 Å². The Bertz CT molecular complexity index is 357. The maximum Gasteiger partial charge on any atom is 0.287 e. The van der Waals surface area contributed by atoms with Crippen molar-refractivity contribution in [2.24, 2.45) is 5.92 Å². The van der Waals surface area contributed by atoms with Gasteiger partial charge in [0.25, 0.3) is 5.91 Å². The minimum atomic E-state index is -0.123. The number of nitrogens with one attached hydrogen (secondary N) is 1. The molecule has 1 aromatic rings. The molecule has 1 aromatic heterocycles. The summed E-state index contributed by atoms with van der Waals surface area (Å²) in [7, 11) is 0. The van der Waals surface area contributed by atoms with Crippen LogP contribution in [0, 0.1) is 12.8 Å². The van der Waals surface area contributed by atoms with Gasteiger partial charge in [0.05, 0.1) is 6.26 Å². The summed E-state index contributed by atoms with van der Waals surface area (Å²) in [5.74, 6) is 1.04. The van der Waals surface area contributed by atoms with Crippen LogP contribution in [0.5, 0.6) is 0 Å². The highest BCUT2D eigenvalue weighted by molar-refractivity contribution is 9.09. The minimum Gasteiger partial charge on any atom is -0.459 e. The summed E-state index contributed by atoms with van der Waals surface area (Å²) < 4.78 is 5.11. The summed E-state index contributed by atoms with van der Waals surface area (Å²) in [4.78, 5) is 12.0. The molecule has 1 unspecified atom stereocenters. The second-order valence-corrected chi connectivity index (χ2v) is 5.17. The lowest BCUT2D eigenvalue weighted by atomic mass is 10.2. The highest BCUT2D eigenvalue weighted by Crippen LogP contribution is 2.36. The first-order valence-corrected chi connectivity index (χ1v) is 6.06. The number of rotatable bonds is 4. The molecule has 1 fully saturated rings. The molecule has 1 atom stereocenters. The van der Waals surface area contributed by atoms with E-state index in [0.29, 0.717) is 17.1 Å². The highest BCUT2D eigenvalue weighted by Gasteiger charge is 2.29. The number of carbonyl (C=O) groups excluding carboxylic acids is 1. The molecular formula is C11H14BrNO2. The van der Waals surface area contributed by atoms with Crippen LogP contribution in [0.3, 0.4) is 0 Å². The van der Waals surface area contributed by atoms with Crippen molar-refractivity contribution >= 4 is 21.8 Å². The van der Waals surface area contributed by atoms with Crippen LogP contribution in [0.4, 0.5) is 0 Å². The van der Waals surface area contributed by atoms with E-state index in [-0.39, 0.29) is 5.91 Å². The van der Waals surface area contributed by atoms with Gasteiger partial charge in [-0.15, -0.1) is 0 Å². The molecule has 2 rings (SSSR count). The monoisotopic (exact) mass is 271 g/mol. The molecule has 1 aliphatic rings. The maximum absolute atomic E-state index is 11.6. The molecular weight excluding hydrogens is 258 g/mol. The molecule has 1 saturated carbocycles. The van der Waals surface area contributed by atoms with Gasteiger partial charge < -0.3 is 9.73 Å². The van der Waals surface area contributed by atoms with E-state index < -0.39 is 0 Å². The number of halogens is 1. The smallest absolute Gasteiger partial charge is 0.287 e. The summed E-state index contributed by atoms with van der Waals surface area (Å²) in [6.45, 7) is 2.54. The summed E-state index contributed by atoms with van der Waals surface area (Å²) >= 11 is 3.57. The number of carbonyl (C=O) groups is 1. The molecule has 0 bridgehead atoms. The van der Waals surface area contributed by atoms with E-state index >= 15 is 0 Å². The number of aryl methyl sites for hydroxylation is 1.